The van der Waals surface area contributed by atoms with Crippen molar-refractivity contribution < 1.29 is 9.13 Å². The molecule has 1 saturated heterocycles. The van der Waals surface area contributed by atoms with Crippen molar-refractivity contribution in [2.45, 2.75) is 32.2 Å². The Bertz CT molecular complexity index is 367. The van der Waals surface area contributed by atoms with Gasteiger partial charge in [-0.05, 0) is 37.8 Å². The topological polar surface area (TPSA) is 34.1 Å². The normalized spacial score (nSPS) is 21.1. The van der Waals surface area contributed by atoms with E-state index in [1.807, 2.05) is 0 Å². The molecule has 2 atom stereocenters. The summed E-state index contributed by atoms with van der Waals surface area (Å²) in [5.74, 6) is 0.317. The van der Waals surface area contributed by atoms with Gasteiger partial charge >= 0.3 is 0 Å². The molecule has 18 heavy (non-hydrogen) atoms. The maximum absolute atomic E-state index is 13.8. The Labute approximate surface area is 108 Å². The first kappa shape index (κ1) is 13.4. The van der Waals surface area contributed by atoms with Gasteiger partial charge in [-0.1, -0.05) is 6.92 Å². The molecule has 1 fully saturated rings. The van der Waals surface area contributed by atoms with Crippen LogP contribution in [0.2, 0.25) is 0 Å². The van der Waals surface area contributed by atoms with Gasteiger partial charge in [0, 0.05) is 31.0 Å². The molecule has 4 heteroatoms. The van der Waals surface area contributed by atoms with Gasteiger partial charge in [0.1, 0.15) is 5.82 Å². The van der Waals surface area contributed by atoms with Crippen LogP contribution in [0.25, 0.3) is 0 Å². The van der Waals surface area contributed by atoms with Crippen LogP contribution < -0.4 is 5.32 Å². The zero-order chi connectivity index (χ0) is 12.8. The van der Waals surface area contributed by atoms with E-state index in [2.05, 4.69) is 17.2 Å². The largest absolute Gasteiger partial charge is 0.381 e. The van der Waals surface area contributed by atoms with Crippen molar-refractivity contribution in [3.8, 4) is 0 Å². The molecule has 1 aromatic rings. The van der Waals surface area contributed by atoms with Gasteiger partial charge in [-0.15, -0.1) is 0 Å². The molecular weight excluding hydrogens is 231 g/mol. The number of hydrogen-bond acceptors (Lipinski definition) is 3. The van der Waals surface area contributed by atoms with Crippen molar-refractivity contribution in [2.75, 3.05) is 19.8 Å². The number of pyridine rings is 1. The Hall–Kier alpha value is -1.00. The number of aromatic nitrogens is 1. The number of rotatable bonds is 6. The predicted octanol–water partition coefficient (Wildman–Crippen LogP) is 2.69. The van der Waals surface area contributed by atoms with Crippen LogP contribution in [0.5, 0.6) is 0 Å². The third-order valence-corrected chi connectivity index (χ3v) is 3.41. The molecule has 3 nitrogen and oxygen atoms in total. The number of ether oxygens (including phenoxy) is 1. The van der Waals surface area contributed by atoms with Gasteiger partial charge < -0.3 is 10.1 Å². The summed E-state index contributed by atoms with van der Waals surface area (Å²) in [6.45, 7) is 4.66. The highest BCUT2D eigenvalue weighted by atomic mass is 19.1. The Morgan fingerprint density at radius 2 is 2.50 bits per heavy atom. The zero-order valence-electron chi connectivity index (χ0n) is 10.9. The fourth-order valence-electron chi connectivity index (χ4n) is 2.41. The van der Waals surface area contributed by atoms with Crippen molar-refractivity contribution >= 4 is 0 Å². The van der Waals surface area contributed by atoms with Crippen molar-refractivity contribution in [3.05, 3.63) is 29.8 Å². The number of nitrogens with zero attached hydrogens (tertiary/aromatic N) is 1. The van der Waals surface area contributed by atoms with Crippen LogP contribution in [0.4, 0.5) is 4.39 Å². The van der Waals surface area contributed by atoms with E-state index >= 15 is 0 Å². The van der Waals surface area contributed by atoms with Crippen LogP contribution in [-0.4, -0.2) is 24.7 Å². The lowest BCUT2D eigenvalue weighted by Crippen LogP contribution is -2.25. The van der Waals surface area contributed by atoms with E-state index in [9.17, 15) is 4.39 Å². The lowest BCUT2D eigenvalue weighted by Gasteiger charge is -2.22. The molecule has 2 unspecified atom stereocenters. The quantitative estimate of drug-likeness (QED) is 0.845. The molecular formula is C14H21FN2O. The molecule has 1 aromatic heterocycles. The predicted molar refractivity (Wildman–Crippen MR) is 68.8 cm³/mol. The maximum Gasteiger partial charge on any atom is 0.146 e. The second-order valence-corrected chi connectivity index (χ2v) is 4.87. The fourth-order valence-corrected chi connectivity index (χ4v) is 2.41. The van der Waals surface area contributed by atoms with Crippen molar-refractivity contribution in [1.29, 1.82) is 0 Å². The molecule has 100 valence electrons. The molecule has 2 heterocycles. The molecule has 0 radical (unpaired) electrons. The molecule has 0 bridgehead atoms. The summed E-state index contributed by atoms with van der Waals surface area (Å²) in [6, 6.07) is 1.85. The van der Waals surface area contributed by atoms with Gasteiger partial charge in [-0.3, -0.25) is 4.98 Å². The maximum atomic E-state index is 13.8. The SMILES string of the molecule is CCCNC(CC1CCOC1)c1ccncc1F. The molecule has 1 aliphatic rings. The van der Waals surface area contributed by atoms with E-state index in [0.29, 0.717) is 5.92 Å². The Balaban J connectivity index is 2.06. The molecule has 1 aliphatic heterocycles. The highest BCUT2D eigenvalue weighted by molar-refractivity contribution is 5.17. The Morgan fingerprint density at radius 1 is 1.61 bits per heavy atom. The minimum absolute atomic E-state index is 0.0691. The van der Waals surface area contributed by atoms with Gasteiger partial charge in [-0.25, -0.2) is 4.39 Å². The Kier molecular flexibility index (Phi) is 5.08. The van der Waals surface area contributed by atoms with E-state index in [0.717, 1.165) is 44.6 Å². The van der Waals surface area contributed by atoms with E-state index in [1.54, 1.807) is 12.3 Å². The van der Waals surface area contributed by atoms with Crippen LogP contribution in [0.15, 0.2) is 18.5 Å². The first-order valence-electron chi connectivity index (χ1n) is 6.71. The third kappa shape index (κ3) is 3.50. The van der Waals surface area contributed by atoms with Crippen molar-refractivity contribution in [1.82, 2.24) is 10.3 Å². The van der Waals surface area contributed by atoms with Gasteiger partial charge in [-0.2, -0.15) is 0 Å². The molecule has 2 rings (SSSR count). The zero-order valence-corrected chi connectivity index (χ0v) is 10.9. The standard InChI is InChI=1S/C14H21FN2O/c1-2-5-17-14(8-11-4-7-18-10-11)12-3-6-16-9-13(12)15/h3,6,9,11,14,17H,2,4-5,7-8,10H2,1H3. The molecule has 0 saturated carbocycles. The highest BCUT2D eigenvalue weighted by Crippen LogP contribution is 2.27. The van der Waals surface area contributed by atoms with Crippen molar-refractivity contribution in [2.24, 2.45) is 5.92 Å². The molecule has 0 amide bonds. The second kappa shape index (κ2) is 6.81. The highest BCUT2D eigenvalue weighted by Gasteiger charge is 2.23. The van der Waals surface area contributed by atoms with Crippen LogP contribution in [0.1, 0.15) is 37.8 Å². The van der Waals surface area contributed by atoms with E-state index in [1.165, 1.54) is 6.20 Å². The first-order valence-corrected chi connectivity index (χ1v) is 6.71. The number of hydrogen-bond donors (Lipinski definition) is 1. The molecule has 0 aliphatic carbocycles. The summed E-state index contributed by atoms with van der Waals surface area (Å²) in [6.07, 6.45) is 6.01. The summed E-state index contributed by atoms with van der Waals surface area (Å²) < 4.78 is 19.2. The third-order valence-electron chi connectivity index (χ3n) is 3.41. The van der Waals surface area contributed by atoms with Crippen LogP contribution in [0.3, 0.4) is 0 Å². The summed E-state index contributed by atoms with van der Waals surface area (Å²) >= 11 is 0. The summed E-state index contributed by atoms with van der Waals surface area (Å²) in [5.41, 5.74) is 0.727. The van der Waals surface area contributed by atoms with E-state index in [-0.39, 0.29) is 11.9 Å². The average Bonchev–Trinajstić information content (AvgIpc) is 2.88. The lowest BCUT2D eigenvalue weighted by atomic mass is 9.94. The monoisotopic (exact) mass is 252 g/mol. The fraction of sp³-hybridized carbons (Fsp3) is 0.643. The van der Waals surface area contributed by atoms with Gasteiger partial charge in [0.05, 0.1) is 6.20 Å². The summed E-state index contributed by atoms with van der Waals surface area (Å²) in [7, 11) is 0. The van der Waals surface area contributed by atoms with Crippen molar-refractivity contribution in [3.63, 3.8) is 0 Å². The van der Waals surface area contributed by atoms with Crippen LogP contribution >= 0.6 is 0 Å². The van der Waals surface area contributed by atoms with Crippen LogP contribution in [-0.2, 0) is 4.74 Å². The van der Waals surface area contributed by atoms with Gasteiger partial charge in [0.15, 0.2) is 0 Å². The van der Waals surface area contributed by atoms with E-state index in [4.69, 9.17) is 4.74 Å². The number of halogens is 1. The summed E-state index contributed by atoms with van der Waals surface area (Å²) in [4.78, 5) is 3.81. The smallest absolute Gasteiger partial charge is 0.146 e. The van der Waals surface area contributed by atoms with Gasteiger partial charge in [0.2, 0.25) is 0 Å². The van der Waals surface area contributed by atoms with Crippen LogP contribution in [0, 0.1) is 11.7 Å². The minimum atomic E-state index is -0.218. The second-order valence-electron chi connectivity index (χ2n) is 4.87. The Morgan fingerprint density at radius 3 is 3.17 bits per heavy atom. The van der Waals surface area contributed by atoms with Gasteiger partial charge in [0.25, 0.3) is 0 Å². The van der Waals surface area contributed by atoms with E-state index < -0.39 is 0 Å². The molecule has 1 N–H and O–H groups in total. The molecule has 0 aromatic carbocycles. The molecule has 0 spiro atoms. The average molecular weight is 252 g/mol. The minimum Gasteiger partial charge on any atom is -0.381 e. The summed E-state index contributed by atoms with van der Waals surface area (Å²) in [5, 5.41) is 3.43. The first-order chi connectivity index (χ1) is 8.81. The number of nitrogens with one attached hydrogen (secondary N) is 1. The lowest BCUT2D eigenvalue weighted by molar-refractivity contribution is 0.181.